The first-order valence-electron chi connectivity index (χ1n) is 10.3. The Hall–Kier alpha value is -1.55. The van der Waals surface area contributed by atoms with Crippen LogP contribution in [0.1, 0.15) is 63.9 Å². The van der Waals surface area contributed by atoms with Gasteiger partial charge in [-0.3, -0.25) is 9.59 Å². The maximum absolute atomic E-state index is 13.1. The summed E-state index contributed by atoms with van der Waals surface area (Å²) in [5.74, 6) is 0.912. The molecule has 0 unspecified atom stereocenters. The summed E-state index contributed by atoms with van der Waals surface area (Å²) in [7, 11) is 0. The number of para-hydroxylation sites is 1. The summed E-state index contributed by atoms with van der Waals surface area (Å²) in [6, 6.07) is 6.11. The van der Waals surface area contributed by atoms with Gasteiger partial charge in [0.2, 0.25) is 11.8 Å². The first-order valence-corrected chi connectivity index (χ1v) is 10.7. The Morgan fingerprint density at radius 2 is 1.89 bits per heavy atom. The number of likely N-dealkylation sites (tertiary alicyclic amines) is 1. The smallest absolute Gasteiger partial charge is 0.227 e. The summed E-state index contributed by atoms with van der Waals surface area (Å²) in [5.41, 5.74) is 2.39. The van der Waals surface area contributed by atoms with Gasteiger partial charge < -0.3 is 9.80 Å². The van der Waals surface area contributed by atoms with Gasteiger partial charge in [0.05, 0.1) is 10.7 Å². The average molecular weight is 389 g/mol. The summed E-state index contributed by atoms with van der Waals surface area (Å²) >= 11 is 6.53. The van der Waals surface area contributed by atoms with Gasteiger partial charge in [0.15, 0.2) is 0 Å². The van der Waals surface area contributed by atoms with Crippen molar-refractivity contribution in [2.24, 2.45) is 5.92 Å². The van der Waals surface area contributed by atoms with Crippen molar-refractivity contribution in [3.05, 3.63) is 28.8 Å². The van der Waals surface area contributed by atoms with E-state index >= 15 is 0 Å². The van der Waals surface area contributed by atoms with Crippen molar-refractivity contribution in [2.75, 3.05) is 24.5 Å². The van der Waals surface area contributed by atoms with Crippen molar-refractivity contribution < 1.29 is 9.59 Å². The first-order chi connectivity index (χ1) is 13.0. The van der Waals surface area contributed by atoms with Gasteiger partial charge in [-0.1, -0.05) is 36.6 Å². The van der Waals surface area contributed by atoms with Gasteiger partial charge in [0.1, 0.15) is 0 Å². The van der Waals surface area contributed by atoms with E-state index in [4.69, 9.17) is 11.6 Å². The van der Waals surface area contributed by atoms with Crippen LogP contribution >= 0.6 is 11.6 Å². The molecule has 1 saturated heterocycles. The molecule has 27 heavy (non-hydrogen) atoms. The van der Waals surface area contributed by atoms with E-state index in [0.29, 0.717) is 17.4 Å². The fourth-order valence-corrected chi connectivity index (χ4v) is 5.65. The van der Waals surface area contributed by atoms with Crippen LogP contribution in [0.3, 0.4) is 0 Å². The quantitative estimate of drug-likeness (QED) is 0.762. The maximum Gasteiger partial charge on any atom is 0.227 e. The minimum Gasteiger partial charge on any atom is -0.343 e. The zero-order chi connectivity index (χ0) is 19.0. The summed E-state index contributed by atoms with van der Waals surface area (Å²) in [5, 5.41) is 0.708. The lowest BCUT2D eigenvalue weighted by Gasteiger charge is -2.31. The van der Waals surface area contributed by atoms with E-state index in [2.05, 4.69) is 6.07 Å². The van der Waals surface area contributed by atoms with Crippen LogP contribution in [0.15, 0.2) is 18.2 Å². The molecule has 0 aromatic heterocycles. The molecule has 0 radical (unpaired) electrons. The normalized spacial score (nSPS) is 21.7. The number of piperidine rings is 1. The summed E-state index contributed by atoms with van der Waals surface area (Å²) < 4.78 is 0. The monoisotopic (exact) mass is 388 g/mol. The van der Waals surface area contributed by atoms with E-state index in [1.54, 1.807) is 6.92 Å². The molecule has 1 aliphatic carbocycles. The molecule has 4 rings (SSSR count). The van der Waals surface area contributed by atoms with Gasteiger partial charge in [0, 0.05) is 38.4 Å². The van der Waals surface area contributed by atoms with E-state index in [1.807, 2.05) is 21.9 Å². The van der Waals surface area contributed by atoms with Gasteiger partial charge in [-0.05, 0) is 49.7 Å². The van der Waals surface area contributed by atoms with E-state index in [-0.39, 0.29) is 17.2 Å². The Balaban J connectivity index is 1.42. The van der Waals surface area contributed by atoms with Crippen LogP contribution in [-0.4, -0.2) is 36.3 Å². The maximum atomic E-state index is 13.1. The molecule has 0 N–H and O–H groups in total. The minimum absolute atomic E-state index is 0.128. The number of halogens is 1. The Labute approximate surface area is 166 Å². The van der Waals surface area contributed by atoms with Gasteiger partial charge in [-0.2, -0.15) is 0 Å². The number of amides is 2. The fourth-order valence-electron chi connectivity index (χ4n) is 5.38. The highest BCUT2D eigenvalue weighted by Gasteiger charge is 2.46. The van der Waals surface area contributed by atoms with Crippen LogP contribution in [0.2, 0.25) is 5.02 Å². The van der Waals surface area contributed by atoms with Crippen LogP contribution in [0, 0.1) is 5.92 Å². The zero-order valence-electron chi connectivity index (χ0n) is 16.2. The second kappa shape index (κ2) is 7.46. The lowest BCUT2D eigenvalue weighted by Crippen LogP contribution is -2.38. The number of carbonyl (C=O) groups is 2. The van der Waals surface area contributed by atoms with Crippen molar-refractivity contribution in [3.8, 4) is 0 Å². The first kappa shape index (κ1) is 18.8. The third-order valence-corrected chi connectivity index (χ3v) is 7.28. The molecule has 1 aromatic rings. The number of nitrogens with zero attached hydrogens (tertiary/aromatic N) is 2. The van der Waals surface area contributed by atoms with Crippen molar-refractivity contribution in [3.63, 3.8) is 0 Å². The number of anilines is 1. The molecule has 0 bridgehead atoms. The van der Waals surface area contributed by atoms with Crippen LogP contribution in [0.25, 0.3) is 0 Å². The minimum atomic E-state index is 0.128. The van der Waals surface area contributed by atoms with Crippen molar-refractivity contribution in [1.29, 1.82) is 0 Å². The molecular weight excluding hydrogens is 360 g/mol. The third kappa shape index (κ3) is 3.49. The van der Waals surface area contributed by atoms with Crippen molar-refractivity contribution in [2.45, 2.75) is 63.7 Å². The van der Waals surface area contributed by atoms with Gasteiger partial charge in [-0.15, -0.1) is 0 Å². The Kier molecular flexibility index (Phi) is 5.19. The molecule has 146 valence electrons. The highest BCUT2D eigenvalue weighted by molar-refractivity contribution is 6.34. The highest BCUT2D eigenvalue weighted by atomic mass is 35.5. The van der Waals surface area contributed by atoms with E-state index < -0.39 is 0 Å². The lowest BCUT2D eigenvalue weighted by atomic mass is 9.81. The van der Waals surface area contributed by atoms with E-state index in [0.717, 1.165) is 57.4 Å². The predicted octanol–water partition coefficient (Wildman–Crippen LogP) is 4.54. The molecule has 1 aromatic carbocycles. The average Bonchev–Trinajstić information content (AvgIpc) is 3.27. The highest BCUT2D eigenvalue weighted by Crippen LogP contribution is 2.52. The molecule has 1 spiro atoms. The van der Waals surface area contributed by atoms with Crippen LogP contribution < -0.4 is 4.90 Å². The van der Waals surface area contributed by atoms with Crippen LogP contribution in [0.4, 0.5) is 5.69 Å². The number of rotatable bonds is 3. The van der Waals surface area contributed by atoms with Crippen LogP contribution in [0.5, 0.6) is 0 Å². The molecule has 2 amide bonds. The molecular formula is C22H29ClN2O2. The summed E-state index contributed by atoms with van der Waals surface area (Å²) in [6.45, 7) is 4.09. The number of hydrogen-bond acceptors (Lipinski definition) is 2. The number of benzene rings is 1. The zero-order valence-corrected chi connectivity index (χ0v) is 16.9. The Morgan fingerprint density at radius 1 is 1.19 bits per heavy atom. The molecule has 2 heterocycles. The Morgan fingerprint density at radius 3 is 2.56 bits per heavy atom. The SMILES string of the molecule is CC(=O)N1CCC(CCC(=O)N2CC3(CCCC3)c3cccc(Cl)c32)CC1. The molecule has 0 atom stereocenters. The summed E-state index contributed by atoms with van der Waals surface area (Å²) in [4.78, 5) is 28.5. The van der Waals surface area contributed by atoms with Crippen LogP contribution in [-0.2, 0) is 15.0 Å². The molecule has 4 nitrogen and oxygen atoms in total. The third-order valence-electron chi connectivity index (χ3n) is 6.98. The lowest BCUT2D eigenvalue weighted by molar-refractivity contribution is -0.130. The molecule has 3 aliphatic rings. The predicted molar refractivity (Wildman–Crippen MR) is 108 cm³/mol. The number of carbonyl (C=O) groups excluding carboxylic acids is 2. The molecule has 5 heteroatoms. The van der Waals surface area contributed by atoms with Gasteiger partial charge in [0.25, 0.3) is 0 Å². The van der Waals surface area contributed by atoms with Gasteiger partial charge >= 0.3 is 0 Å². The van der Waals surface area contributed by atoms with Crippen molar-refractivity contribution >= 4 is 29.1 Å². The van der Waals surface area contributed by atoms with Gasteiger partial charge in [-0.25, -0.2) is 0 Å². The second-order valence-electron chi connectivity index (χ2n) is 8.59. The van der Waals surface area contributed by atoms with E-state index in [9.17, 15) is 9.59 Å². The molecule has 1 saturated carbocycles. The topological polar surface area (TPSA) is 40.6 Å². The van der Waals surface area contributed by atoms with Crippen molar-refractivity contribution in [1.82, 2.24) is 4.90 Å². The standard InChI is InChI=1S/C22H29ClN2O2/c1-16(26)24-13-9-17(10-14-24)7-8-20(27)25-15-22(11-2-3-12-22)18-5-4-6-19(23)21(18)25/h4-6,17H,2-3,7-15H2,1H3. The summed E-state index contributed by atoms with van der Waals surface area (Å²) in [6.07, 6.45) is 8.30. The largest absolute Gasteiger partial charge is 0.343 e. The Bertz CT molecular complexity index is 734. The van der Waals surface area contributed by atoms with E-state index in [1.165, 1.54) is 18.4 Å². The second-order valence-corrected chi connectivity index (χ2v) is 9.00. The fraction of sp³-hybridized carbons (Fsp3) is 0.636. The number of fused-ring (bicyclic) bond motifs is 2. The number of hydrogen-bond donors (Lipinski definition) is 0. The molecule has 2 fully saturated rings. The molecule has 2 aliphatic heterocycles.